The summed E-state index contributed by atoms with van der Waals surface area (Å²) in [6, 6.07) is 11.9. The zero-order valence-corrected chi connectivity index (χ0v) is 13.3. The molecule has 3 aromatic rings. The van der Waals surface area contributed by atoms with E-state index in [0.29, 0.717) is 18.5 Å². The number of hydrogen-bond acceptors (Lipinski definition) is 1. The topological polar surface area (TPSA) is 44.9 Å². The highest BCUT2D eigenvalue weighted by Crippen LogP contribution is 2.19. The van der Waals surface area contributed by atoms with Crippen LogP contribution in [-0.2, 0) is 6.42 Å². The van der Waals surface area contributed by atoms with Crippen molar-refractivity contribution in [2.45, 2.75) is 6.42 Å². The van der Waals surface area contributed by atoms with Gasteiger partial charge in [-0.25, -0.2) is 4.39 Å². The molecule has 1 amide bonds. The molecule has 1 aromatic heterocycles. The molecule has 0 unspecified atom stereocenters. The third-order valence-electron chi connectivity index (χ3n) is 3.50. The first-order chi connectivity index (χ1) is 10.6. The van der Waals surface area contributed by atoms with Crippen LogP contribution in [0.2, 0.25) is 0 Å². The minimum atomic E-state index is -0.258. The number of H-pyrrole nitrogens is 1. The van der Waals surface area contributed by atoms with E-state index >= 15 is 0 Å². The van der Waals surface area contributed by atoms with Crippen LogP contribution >= 0.6 is 15.9 Å². The Bertz CT molecular complexity index is 828. The summed E-state index contributed by atoms with van der Waals surface area (Å²) in [5.41, 5.74) is 2.50. The molecule has 2 N–H and O–H groups in total. The van der Waals surface area contributed by atoms with E-state index in [1.807, 2.05) is 18.3 Å². The Hall–Kier alpha value is -2.14. The quantitative estimate of drug-likeness (QED) is 0.724. The Kier molecular flexibility index (Phi) is 4.24. The van der Waals surface area contributed by atoms with Crippen LogP contribution in [0.1, 0.15) is 15.9 Å². The molecule has 0 radical (unpaired) electrons. The Balaban J connectivity index is 1.65. The van der Waals surface area contributed by atoms with Gasteiger partial charge in [0.05, 0.1) is 0 Å². The van der Waals surface area contributed by atoms with Crippen LogP contribution in [0, 0.1) is 5.82 Å². The first-order valence-electron chi connectivity index (χ1n) is 6.93. The minimum absolute atomic E-state index is 0.118. The minimum Gasteiger partial charge on any atom is -0.361 e. The molecule has 0 spiro atoms. The lowest BCUT2D eigenvalue weighted by Gasteiger charge is -2.05. The normalized spacial score (nSPS) is 10.8. The predicted molar refractivity (Wildman–Crippen MR) is 88.4 cm³/mol. The number of fused-ring (bicyclic) bond motifs is 1. The first kappa shape index (κ1) is 14.8. The van der Waals surface area contributed by atoms with Gasteiger partial charge in [0.25, 0.3) is 5.91 Å². The van der Waals surface area contributed by atoms with Gasteiger partial charge in [0.15, 0.2) is 0 Å². The largest absolute Gasteiger partial charge is 0.361 e. The molecule has 3 rings (SSSR count). The third-order valence-corrected chi connectivity index (χ3v) is 3.99. The lowest BCUT2D eigenvalue weighted by molar-refractivity contribution is 0.0954. The summed E-state index contributed by atoms with van der Waals surface area (Å²) in [4.78, 5) is 15.2. The van der Waals surface area contributed by atoms with E-state index in [0.717, 1.165) is 20.9 Å². The SMILES string of the molecule is O=C(NCCc1c[nH]c2ccc(F)cc12)c1cccc(Br)c1. The van der Waals surface area contributed by atoms with E-state index in [1.165, 1.54) is 12.1 Å². The van der Waals surface area contributed by atoms with Crippen LogP contribution in [0.25, 0.3) is 10.9 Å². The summed E-state index contributed by atoms with van der Waals surface area (Å²) in [6.07, 6.45) is 2.50. The van der Waals surface area contributed by atoms with Gasteiger partial charge in [-0.1, -0.05) is 22.0 Å². The fourth-order valence-electron chi connectivity index (χ4n) is 2.40. The second-order valence-electron chi connectivity index (χ2n) is 5.02. The predicted octanol–water partition coefficient (Wildman–Crippen LogP) is 4.04. The van der Waals surface area contributed by atoms with Crippen molar-refractivity contribution in [2.75, 3.05) is 6.54 Å². The molecule has 0 aliphatic heterocycles. The van der Waals surface area contributed by atoms with Gasteiger partial charge in [0, 0.05) is 33.7 Å². The van der Waals surface area contributed by atoms with Gasteiger partial charge < -0.3 is 10.3 Å². The zero-order valence-electron chi connectivity index (χ0n) is 11.7. The fraction of sp³-hybridized carbons (Fsp3) is 0.118. The molecule has 112 valence electrons. The van der Waals surface area contributed by atoms with Crippen LogP contribution < -0.4 is 5.32 Å². The molecule has 5 heteroatoms. The summed E-state index contributed by atoms with van der Waals surface area (Å²) in [5.74, 6) is -0.376. The van der Waals surface area contributed by atoms with Crippen molar-refractivity contribution in [3.05, 3.63) is 70.1 Å². The molecule has 1 heterocycles. The number of nitrogens with one attached hydrogen (secondary N) is 2. The second-order valence-corrected chi connectivity index (χ2v) is 5.94. The van der Waals surface area contributed by atoms with Crippen molar-refractivity contribution >= 4 is 32.7 Å². The second kappa shape index (κ2) is 6.32. The molecule has 0 bridgehead atoms. The number of carbonyl (C=O) groups is 1. The maximum atomic E-state index is 13.3. The molecule has 0 aliphatic rings. The van der Waals surface area contributed by atoms with Crippen LogP contribution in [0.5, 0.6) is 0 Å². The van der Waals surface area contributed by atoms with Crippen molar-refractivity contribution in [1.29, 1.82) is 0 Å². The van der Waals surface area contributed by atoms with Crippen molar-refractivity contribution in [2.24, 2.45) is 0 Å². The average Bonchev–Trinajstić information content (AvgIpc) is 2.89. The summed E-state index contributed by atoms with van der Waals surface area (Å²) in [7, 11) is 0. The molecule has 0 saturated carbocycles. The van der Waals surface area contributed by atoms with Crippen molar-refractivity contribution in [3.8, 4) is 0 Å². The number of aromatic amines is 1. The summed E-state index contributed by atoms with van der Waals surface area (Å²) in [5, 5.41) is 3.73. The van der Waals surface area contributed by atoms with E-state index < -0.39 is 0 Å². The summed E-state index contributed by atoms with van der Waals surface area (Å²) < 4.78 is 14.2. The van der Waals surface area contributed by atoms with E-state index in [9.17, 15) is 9.18 Å². The molecule has 0 fully saturated rings. The van der Waals surface area contributed by atoms with Gasteiger partial charge in [-0.05, 0) is 48.4 Å². The molecular formula is C17H14BrFN2O. The van der Waals surface area contributed by atoms with Crippen molar-refractivity contribution < 1.29 is 9.18 Å². The van der Waals surface area contributed by atoms with E-state index in [1.54, 1.807) is 18.2 Å². The fourth-order valence-corrected chi connectivity index (χ4v) is 2.80. The maximum absolute atomic E-state index is 13.3. The maximum Gasteiger partial charge on any atom is 0.251 e. The lowest BCUT2D eigenvalue weighted by Crippen LogP contribution is -2.25. The summed E-state index contributed by atoms with van der Waals surface area (Å²) in [6.45, 7) is 0.495. The molecule has 0 atom stereocenters. The Labute approximate surface area is 135 Å². The molecular weight excluding hydrogens is 347 g/mol. The molecule has 2 aromatic carbocycles. The van der Waals surface area contributed by atoms with Gasteiger partial charge in [-0.15, -0.1) is 0 Å². The number of hydrogen-bond donors (Lipinski definition) is 2. The van der Waals surface area contributed by atoms with E-state index in [2.05, 4.69) is 26.2 Å². The number of rotatable bonds is 4. The van der Waals surface area contributed by atoms with Gasteiger partial charge in [-0.2, -0.15) is 0 Å². The smallest absolute Gasteiger partial charge is 0.251 e. The number of aromatic nitrogens is 1. The number of carbonyl (C=O) groups excluding carboxylic acids is 1. The van der Waals surface area contributed by atoms with Gasteiger partial charge in [0.1, 0.15) is 5.82 Å². The number of halogens is 2. The number of amides is 1. The highest BCUT2D eigenvalue weighted by atomic mass is 79.9. The Morgan fingerprint density at radius 3 is 2.91 bits per heavy atom. The standard InChI is InChI=1S/C17H14BrFN2O/c18-13-3-1-2-11(8-13)17(22)20-7-6-12-10-21-16-5-4-14(19)9-15(12)16/h1-5,8-10,21H,6-7H2,(H,20,22). The van der Waals surface area contributed by atoms with Crippen molar-refractivity contribution in [1.82, 2.24) is 10.3 Å². The van der Waals surface area contributed by atoms with Crippen molar-refractivity contribution in [3.63, 3.8) is 0 Å². The van der Waals surface area contributed by atoms with E-state index in [-0.39, 0.29) is 11.7 Å². The van der Waals surface area contributed by atoms with E-state index in [4.69, 9.17) is 0 Å². The molecule has 3 nitrogen and oxygen atoms in total. The Morgan fingerprint density at radius 2 is 2.09 bits per heavy atom. The summed E-state index contributed by atoms with van der Waals surface area (Å²) >= 11 is 3.34. The highest BCUT2D eigenvalue weighted by molar-refractivity contribution is 9.10. The zero-order chi connectivity index (χ0) is 15.5. The van der Waals surface area contributed by atoms with Gasteiger partial charge in [0.2, 0.25) is 0 Å². The molecule has 0 saturated heterocycles. The van der Waals surface area contributed by atoms with Crippen LogP contribution in [0.15, 0.2) is 53.1 Å². The Morgan fingerprint density at radius 1 is 1.23 bits per heavy atom. The average molecular weight is 361 g/mol. The molecule has 0 aliphatic carbocycles. The third kappa shape index (κ3) is 3.20. The van der Waals surface area contributed by atoms with Gasteiger partial charge >= 0.3 is 0 Å². The van der Waals surface area contributed by atoms with Crippen LogP contribution in [-0.4, -0.2) is 17.4 Å². The van der Waals surface area contributed by atoms with Crippen LogP contribution in [0.4, 0.5) is 4.39 Å². The first-order valence-corrected chi connectivity index (χ1v) is 7.72. The molecule has 22 heavy (non-hydrogen) atoms. The monoisotopic (exact) mass is 360 g/mol. The number of benzene rings is 2. The highest BCUT2D eigenvalue weighted by Gasteiger charge is 2.07. The van der Waals surface area contributed by atoms with Gasteiger partial charge in [-0.3, -0.25) is 4.79 Å². The lowest BCUT2D eigenvalue weighted by atomic mass is 10.1. The van der Waals surface area contributed by atoms with Crippen LogP contribution in [0.3, 0.4) is 0 Å².